The summed E-state index contributed by atoms with van der Waals surface area (Å²) in [6, 6.07) is 8.29. The first-order chi connectivity index (χ1) is 22.6. The summed E-state index contributed by atoms with van der Waals surface area (Å²) < 4.78 is 5.99. The summed E-state index contributed by atoms with van der Waals surface area (Å²) in [5, 5.41) is 9.12. The molecule has 250 valence electrons. The second-order valence-corrected chi connectivity index (χ2v) is 12.4. The molecule has 1 amide bonds. The Kier molecular flexibility index (Phi) is 12.1. The van der Waals surface area contributed by atoms with Gasteiger partial charge in [-0.2, -0.15) is 0 Å². The highest BCUT2D eigenvalue weighted by molar-refractivity contribution is 5.85. The number of carbonyl (C=O) groups is 1. The molecule has 1 saturated heterocycles. The van der Waals surface area contributed by atoms with Gasteiger partial charge in [0, 0.05) is 56.4 Å². The number of anilines is 1. The minimum atomic E-state index is -0.0905. The Morgan fingerprint density at radius 1 is 1.17 bits per heavy atom. The molecule has 1 aliphatic heterocycles. The molecular formula is C38H51N7O2. The fourth-order valence-corrected chi connectivity index (χ4v) is 5.64. The molecule has 9 heteroatoms. The third kappa shape index (κ3) is 9.16. The van der Waals surface area contributed by atoms with Gasteiger partial charge in [-0.1, -0.05) is 56.4 Å². The van der Waals surface area contributed by atoms with E-state index in [0.29, 0.717) is 34.4 Å². The molecular weight excluding hydrogens is 586 g/mol. The lowest BCUT2D eigenvalue weighted by Crippen LogP contribution is -2.46. The van der Waals surface area contributed by atoms with Gasteiger partial charge in [0.25, 0.3) is 0 Å². The highest BCUT2D eigenvalue weighted by atomic mass is 16.5. The van der Waals surface area contributed by atoms with Crippen LogP contribution in [0.5, 0.6) is 5.75 Å². The number of nitrogens with two attached hydrogens (primary N) is 2. The topological polar surface area (TPSA) is 131 Å². The molecule has 7 N–H and O–H groups in total. The molecule has 0 atom stereocenters. The Morgan fingerprint density at radius 3 is 2.55 bits per heavy atom. The molecule has 0 radical (unpaired) electrons. The van der Waals surface area contributed by atoms with Gasteiger partial charge in [0.15, 0.2) is 0 Å². The number of methoxy groups -OCH3 is 1. The van der Waals surface area contributed by atoms with Crippen LogP contribution in [0, 0.1) is 18.8 Å². The summed E-state index contributed by atoms with van der Waals surface area (Å²) in [6.07, 6.45) is 13.6. The number of pyridine rings is 1. The highest BCUT2D eigenvalue weighted by Crippen LogP contribution is 2.38. The maximum atomic E-state index is 12.3. The summed E-state index contributed by atoms with van der Waals surface area (Å²) in [5.41, 5.74) is 21.4. The quantitative estimate of drug-likeness (QED) is 0.150. The van der Waals surface area contributed by atoms with Crippen LogP contribution in [-0.2, 0) is 17.8 Å². The number of ether oxygens (including phenoxy) is 1. The van der Waals surface area contributed by atoms with Crippen LogP contribution in [0.4, 0.5) is 5.69 Å². The van der Waals surface area contributed by atoms with Gasteiger partial charge in [-0.15, -0.1) is 0 Å². The largest absolute Gasteiger partial charge is 0.494 e. The monoisotopic (exact) mass is 637 g/mol. The zero-order chi connectivity index (χ0) is 34.1. The molecule has 2 fully saturated rings. The number of hydrogen-bond acceptors (Lipinski definition) is 8. The lowest BCUT2D eigenvalue weighted by atomic mass is 9.90. The number of likely N-dealkylation sites (N-methyl/N-ethyl adjacent to an activating group) is 1. The molecule has 9 nitrogen and oxygen atoms in total. The SMILES string of the molecule is C=C/C(=C\C=C(/C)C1CN(Cc2cc(CCC)ccn2)C1)c1c(C)ccc(NC(/C=C(\N)NC(=O)C2CC2)=C(/N)C(=C)NC)c1OC. The second-order valence-electron chi connectivity index (χ2n) is 12.4. The van der Waals surface area contributed by atoms with Gasteiger partial charge in [0.05, 0.1) is 35.6 Å². The van der Waals surface area contributed by atoms with E-state index in [4.69, 9.17) is 16.2 Å². The van der Waals surface area contributed by atoms with Crippen LogP contribution in [0.15, 0.2) is 96.4 Å². The molecule has 1 aliphatic carbocycles. The van der Waals surface area contributed by atoms with Crippen molar-refractivity contribution in [3.05, 3.63) is 119 Å². The van der Waals surface area contributed by atoms with E-state index < -0.39 is 0 Å². The molecule has 0 bridgehead atoms. The van der Waals surface area contributed by atoms with Crippen LogP contribution in [0.1, 0.15) is 55.5 Å². The number of likely N-dealkylation sites (tertiary alicyclic amines) is 1. The van der Waals surface area contributed by atoms with Crippen molar-refractivity contribution >= 4 is 17.2 Å². The Bertz CT molecular complexity index is 1610. The van der Waals surface area contributed by atoms with Crippen LogP contribution in [-0.4, -0.2) is 43.0 Å². The highest BCUT2D eigenvalue weighted by Gasteiger charge is 2.30. The van der Waals surface area contributed by atoms with Crippen LogP contribution < -0.4 is 32.2 Å². The van der Waals surface area contributed by atoms with Crippen LogP contribution in [0.25, 0.3) is 5.57 Å². The molecule has 2 heterocycles. The number of hydrogen-bond donors (Lipinski definition) is 5. The Hall–Kier alpha value is -4.76. The number of aryl methyl sites for hydroxylation is 2. The Morgan fingerprint density at radius 2 is 1.91 bits per heavy atom. The third-order valence-electron chi connectivity index (χ3n) is 8.71. The summed E-state index contributed by atoms with van der Waals surface area (Å²) in [5.74, 6) is 1.23. The first-order valence-corrected chi connectivity index (χ1v) is 16.3. The number of allylic oxidation sites excluding steroid dienone is 5. The second kappa shape index (κ2) is 16.2. The van der Waals surface area contributed by atoms with E-state index >= 15 is 0 Å². The minimum absolute atomic E-state index is 0.0159. The standard InChI is InChI=1S/C38H51N7O2/c1-8-10-27-17-18-42-31(19-27)23-45-21-30(22-45)24(3)11-13-28(9-2)35-25(4)12-16-32(37(35)47-7)43-33(36(40)26(5)41-6)20-34(39)44-38(46)29-14-15-29/h9,11-13,16-20,29-30,41,43H,2,5,8,10,14-15,21-23,39-40H2,1,3-4,6-7H3,(H,44,46)/b24-11+,28-13+,34-20+,36-33+. The van der Waals surface area contributed by atoms with Gasteiger partial charge in [-0.05, 0) is 68.0 Å². The zero-order valence-corrected chi connectivity index (χ0v) is 28.6. The molecule has 1 aromatic carbocycles. The van der Waals surface area contributed by atoms with Gasteiger partial charge in [0.2, 0.25) is 5.91 Å². The number of nitrogens with zero attached hydrogens (tertiary/aromatic N) is 2. The predicted octanol–water partition coefficient (Wildman–Crippen LogP) is 5.64. The molecule has 0 spiro atoms. The van der Waals surface area contributed by atoms with E-state index in [1.807, 2.05) is 31.3 Å². The first-order valence-electron chi connectivity index (χ1n) is 16.3. The average molecular weight is 638 g/mol. The van der Waals surface area contributed by atoms with E-state index in [1.165, 1.54) is 11.1 Å². The Labute approximate surface area is 280 Å². The number of rotatable bonds is 16. The van der Waals surface area contributed by atoms with Crippen molar-refractivity contribution < 1.29 is 9.53 Å². The van der Waals surface area contributed by atoms with E-state index in [1.54, 1.807) is 20.2 Å². The normalized spacial score (nSPS) is 16.6. The molecule has 4 rings (SSSR count). The lowest BCUT2D eigenvalue weighted by molar-refractivity contribution is -0.121. The number of nitrogens with one attached hydrogen (secondary N) is 3. The fraction of sp³-hybridized carbons (Fsp3) is 0.368. The molecule has 1 aromatic heterocycles. The van der Waals surface area contributed by atoms with Crippen molar-refractivity contribution in [2.24, 2.45) is 23.3 Å². The van der Waals surface area contributed by atoms with E-state index in [-0.39, 0.29) is 17.6 Å². The smallest absolute Gasteiger partial charge is 0.228 e. The maximum Gasteiger partial charge on any atom is 0.228 e. The minimum Gasteiger partial charge on any atom is -0.494 e. The summed E-state index contributed by atoms with van der Waals surface area (Å²) >= 11 is 0. The first kappa shape index (κ1) is 35.1. The number of carbonyl (C=O) groups excluding carboxylic acids is 1. The number of benzene rings is 1. The number of aromatic nitrogens is 1. The molecule has 0 unspecified atom stereocenters. The lowest BCUT2D eigenvalue weighted by Gasteiger charge is -2.39. The van der Waals surface area contributed by atoms with Crippen molar-refractivity contribution in [1.29, 1.82) is 0 Å². The van der Waals surface area contributed by atoms with Crippen LogP contribution in [0.3, 0.4) is 0 Å². The summed E-state index contributed by atoms with van der Waals surface area (Å²) in [7, 11) is 3.38. The van der Waals surface area contributed by atoms with Gasteiger partial charge >= 0.3 is 0 Å². The van der Waals surface area contributed by atoms with E-state index in [9.17, 15) is 4.79 Å². The number of amides is 1. The van der Waals surface area contributed by atoms with E-state index in [2.05, 4.69) is 77.1 Å². The van der Waals surface area contributed by atoms with Gasteiger partial charge in [-0.25, -0.2) is 0 Å². The summed E-state index contributed by atoms with van der Waals surface area (Å²) in [6.45, 7) is 17.5. The van der Waals surface area contributed by atoms with Crippen LogP contribution in [0.2, 0.25) is 0 Å². The fourth-order valence-electron chi connectivity index (χ4n) is 5.64. The maximum absolute atomic E-state index is 12.3. The van der Waals surface area contributed by atoms with E-state index in [0.717, 1.165) is 67.7 Å². The molecule has 1 saturated carbocycles. The molecule has 2 aliphatic rings. The Balaban J connectivity index is 1.54. The zero-order valence-electron chi connectivity index (χ0n) is 28.6. The van der Waals surface area contributed by atoms with Gasteiger partial charge < -0.3 is 32.2 Å². The van der Waals surface area contributed by atoms with Crippen molar-refractivity contribution in [3.63, 3.8) is 0 Å². The third-order valence-corrected chi connectivity index (χ3v) is 8.71. The molecule has 47 heavy (non-hydrogen) atoms. The van der Waals surface area contributed by atoms with Gasteiger partial charge in [0.1, 0.15) is 11.6 Å². The average Bonchev–Trinajstić information content (AvgIpc) is 3.89. The van der Waals surface area contributed by atoms with Crippen molar-refractivity contribution in [1.82, 2.24) is 20.5 Å². The van der Waals surface area contributed by atoms with Gasteiger partial charge in [-0.3, -0.25) is 14.7 Å². The molecule has 2 aromatic rings. The predicted molar refractivity (Wildman–Crippen MR) is 193 cm³/mol. The van der Waals surface area contributed by atoms with Crippen molar-refractivity contribution in [2.75, 3.05) is 32.6 Å². The van der Waals surface area contributed by atoms with Crippen LogP contribution >= 0.6 is 0 Å². The van der Waals surface area contributed by atoms with Crippen molar-refractivity contribution in [3.8, 4) is 5.75 Å². The van der Waals surface area contributed by atoms with Crippen molar-refractivity contribution in [2.45, 2.75) is 53.0 Å². The summed E-state index contributed by atoms with van der Waals surface area (Å²) in [4.78, 5) is 19.4.